The summed E-state index contributed by atoms with van der Waals surface area (Å²) in [7, 11) is 0. The van der Waals surface area contributed by atoms with Gasteiger partial charge in [-0.25, -0.2) is 15.1 Å². The number of alkyl halides is 3. The molecule has 2 aliphatic rings. The highest BCUT2D eigenvalue weighted by molar-refractivity contribution is 6.30. The smallest absolute Gasteiger partial charge is 0.380 e. The monoisotopic (exact) mass is 501 g/mol. The maximum Gasteiger partial charge on any atom is 0.423 e. The Labute approximate surface area is 197 Å². The number of carbonyl (C=O) groups excluding carboxylic acids is 1. The van der Waals surface area contributed by atoms with Gasteiger partial charge >= 0.3 is 6.18 Å². The molecule has 10 nitrogen and oxygen atoms in total. The third kappa shape index (κ3) is 5.76. The molecule has 2 aliphatic heterocycles. The summed E-state index contributed by atoms with van der Waals surface area (Å²) in [5.74, 6) is 0.531. The summed E-state index contributed by atoms with van der Waals surface area (Å²) in [6.07, 6.45) is -0.104. The summed E-state index contributed by atoms with van der Waals surface area (Å²) in [6, 6.07) is 0. The molecule has 14 heteroatoms. The molecule has 2 aromatic heterocycles. The number of nitrogens with zero attached hydrogens (tertiary/aromatic N) is 5. The molecule has 2 N–H and O–H groups in total. The van der Waals surface area contributed by atoms with E-state index in [-0.39, 0.29) is 31.1 Å². The van der Waals surface area contributed by atoms with Gasteiger partial charge in [-0.2, -0.15) is 18.3 Å². The van der Waals surface area contributed by atoms with Crippen LogP contribution in [0.2, 0.25) is 5.02 Å². The van der Waals surface area contributed by atoms with Crippen molar-refractivity contribution < 1.29 is 22.7 Å². The Hall–Kier alpha value is -2.93. The van der Waals surface area contributed by atoms with Gasteiger partial charge in [0.1, 0.15) is 5.56 Å². The van der Waals surface area contributed by atoms with E-state index in [1.54, 1.807) is 10.00 Å². The number of carbonyl (C=O) groups is 1. The predicted octanol–water partition coefficient (Wildman–Crippen LogP) is 1.93. The summed E-state index contributed by atoms with van der Waals surface area (Å²) in [5, 5.41) is 8.30. The highest BCUT2D eigenvalue weighted by atomic mass is 35.5. The fourth-order valence-electron chi connectivity index (χ4n) is 4.07. The number of aromatic amines is 1. The Bertz CT molecular complexity index is 1060. The van der Waals surface area contributed by atoms with E-state index in [9.17, 15) is 22.8 Å². The van der Waals surface area contributed by atoms with Crippen molar-refractivity contribution in [2.45, 2.75) is 37.6 Å². The second kappa shape index (κ2) is 10.1. The van der Waals surface area contributed by atoms with Crippen molar-refractivity contribution in [1.29, 1.82) is 0 Å². The molecule has 2 fully saturated rings. The standard InChI is InChI=1S/C20H23ClF3N7O3/c21-12-8-26-19(27-9-12)31-5-3-30(4-6-31)16(32)7-13-1-2-14(34-13)10-25-15-11-28-29-18(33)17(15)20(22,23)24/h8-9,11,13-14H,1-7,10H2,(H2,25,29,33)/t13-,14-/m1/s1. The van der Waals surface area contributed by atoms with Crippen LogP contribution in [-0.2, 0) is 15.7 Å². The van der Waals surface area contributed by atoms with Gasteiger partial charge < -0.3 is 19.9 Å². The first kappa shape index (κ1) is 24.2. The fraction of sp³-hybridized carbons (Fsp3) is 0.550. The van der Waals surface area contributed by atoms with Gasteiger partial charge in [0.25, 0.3) is 5.56 Å². The molecule has 0 radical (unpaired) electrons. The van der Waals surface area contributed by atoms with E-state index in [2.05, 4.69) is 20.4 Å². The predicted molar refractivity (Wildman–Crippen MR) is 117 cm³/mol. The summed E-state index contributed by atoms with van der Waals surface area (Å²) < 4.78 is 45.3. The molecule has 0 aromatic carbocycles. The lowest BCUT2D eigenvalue weighted by Crippen LogP contribution is -2.49. The number of hydrogen-bond acceptors (Lipinski definition) is 8. The molecular weight excluding hydrogens is 479 g/mol. The minimum absolute atomic E-state index is 0.0339. The number of nitrogens with one attached hydrogen (secondary N) is 2. The van der Waals surface area contributed by atoms with Crippen molar-refractivity contribution in [3.05, 3.63) is 39.5 Å². The van der Waals surface area contributed by atoms with E-state index in [1.807, 2.05) is 4.90 Å². The summed E-state index contributed by atoms with van der Waals surface area (Å²) in [5.41, 5.74) is -3.03. The van der Waals surface area contributed by atoms with E-state index >= 15 is 0 Å². The third-order valence-corrected chi connectivity index (χ3v) is 5.97. The van der Waals surface area contributed by atoms with Crippen LogP contribution in [-0.4, -0.2) is 75.9 Å². The van der Waals surface area contributed by atoms with Crippen LogP contribution in [0.1, 0.15) is 24.8 Å². The Morgan fingerprint density at radius 3 is 2.50 bits per heavy atom. The van der Waals surface area contributed by atoms with Crippen molar-refractivity contribution in [3.63, 3.8) is 0 Å². The molecule has 0 aliphatic carbocycles. The van der Waals surface area contributed by atoms with Gasteiger partial charge in [-0.1, -0.05) is 11.6 Å². The lowest BCUT2D eigenvalue weighted by atomic mass is 10.1. The van der Waals surface area contributed by atoms with E-state index in [0.29, 0.717) is 50.0 Å². The SMILES string of the molecule is O=C(C[C@H]1CC[C@H](CNc2cn[nH]c(=O)c2C(F)(F)F)O1)N1CCN(c2ncc(Cl)cn2)CC1. The molecule has 2 atom stereocenters. The van der Waals surface area contributed by atoms with Crippen LogP contribution in [0.25, 0.3) is 0 Å². The minimum atomic E-state index is -4.81. The highest BCUT2D eigenvalue weighted by Gasteiger charge is 2.38. The Kier molecular flexibility index (Phi) is 7.22. The zero-order valence-corrected chi connectivity index (χ0v) is 18.8. The number of ether oxygens (including phenoxy) is 1. The molecule has 0 saturated carbocycles. The van der Waals surface area contributed by atoms with Gasteiger partial charge in [-0.15, -0.1) is 0 Å². The molecule has 2 aromatic rings. The van der Waals surface area contributed by atoms with Gasteiger partial charge in [0.15, 0.2) is 0 Å². The maximum absolute atomic E-state index is 13.2. The highest BCUT2D eigenvalue weighted by Crippen LogP contribution is 2.32. The number of amides is 1. The molecule has 0 unspecified atom stereocenters. The molecule has 0 bridgehead atoms. The van der Waals surface area contributed by atoms with Crippen LogP contribution in [0.4, 0.5) is 24.8 Å². The van der Waals surface area contributed by atoms with Crippen LogP contribution >= 0.6 is 11.6 Å². The van der Waals surface area contributed by atoms with Crippen LogP contribution < -0.4 is 15.8 Å². The molecule has 184 valence electrons. The largest absolute Gasteiger partial charge is 0.423 e. The zero-order valence-electron chi connectivity index (χ0n) is 18.0. The fourth-order valence-corrected chi connectivity index (χ4v) is 4.16. The van der Waals surface area contributed by atoms with Crippen LogP contribution in [0.5, 0.6) is 0 Å². The number of rotatable bonds is 6. The van der Waals surface area contributed by atoms with Crippen molar-refractivity contribution in [1.82, 2.24) is 25.1 Å². The normalized spacial score (nSPS) is 21.1. The molecule has 4 rings (SSSR count). The van der Waals surface area contributed by atoms with E-state index in [4.69, 9.17) is 16.3 Å². The molecule has 4 heterocycles. The van der Waals surface area contributed by atoms with Gasteiger partial charge in [-0.05, 0) is 12.8 Å². The van der Waals surface area contributed by atoms with Crippen LogP contribution in [0.15, 0.2) is 23.4 Å². The summed E-state index contributed by atoms with van der Waals surface area (Å²) in [4.78, 5) is 36.4. The number of aromatic nitrogens is 4. The Morgan fingerprint density at radius 1 is 1.15 bits per heavy atom. The van der Waals surface area contributed by atoms with Gasteiger partial charge in [0, 0.05) is 32.7 Å². The summed E-state index contributed by atoms with van der Waals surface area (Å²) in [6.45, 7) is 2.31. The lowest BCUT2D eigenvalue weighted by molar-refractivity contribution is -0.138. The summed E-state index contributed by atoms with van der Waals surface area (Å²) >= 11 is 5.81. The van der Waals surface area contributed by atoms with Crippen molar-refractivity contribution in [3.8, 4) is 0 Å². The molecule has 34 heavy (non-hydrogen) atoms. The van der Waals surface area contributed by atoms with E-state index in [0.717, 1.165) is 6.20 Å². The van der Waals surface area contributed by atoms with Crippen LogP contribution in [0, 0.1) is 0 Å². The van der Waals surface area contributed by atoms with Crippen LogP contribution in [0.3, 0.4) is 0 Å². The number of H-pyrrole nitrogens is 1. The Morgan fingerprint density at radius 2 is 1.82 bits per heavy atom. The van der Waals surface area contributed by atoms with Crippen molar-refractivity contribution >= 4 is 29.1 Å². The number of halogens is 4. The molecule has 0 spiro atoms. The first-order chi connectivity index (χ1) is 16.2. The Balaban J connectivity index is 1.23. The van der Waals surface area contributed by atoms with Crippen molar-refractivity contribution in [2.75, 3.05) is 42.9 Å². The molecular formula is C20H23ClF3N7O3. The maximum atomic E-state index is 13.2. The number of hydrogen-bond donors (Lipinski definition) is 2. The second-order valence-corrected chi connectivity index (χ2v) is 8.53. The zero-order chi connectivity index (χ0) is 24.3. The minimum Gasteiger partial charge on any atom is -0.380 e. The van der Waals surface area contributed by atoms with Gasteiger partial charge in [-0.3, -0.25) is 9.59 Å². The lowest BCUT2D eigenvalue weighted by Gasteiger charge is -2.35. The number of anilines is 2. The van der Waals surface area contributed by atoms with E-state index in [1.165, 1.54) is 12.4 Å². The van der Waals surface area contributed by atoms with E-state index < -0.39 is 23.0 Å². The first-order valence-corrected chi connectivity index (χ1v) is 11.1. The second-order valence-electron chi connectivity index (χ2n) is 8.10. The quantitative estimate of drug-likeness (QED) is 0.617. The average molecular weight is 502 g/mol. The average Bonchev–Trinajstić information content (AvgIpc) is 3.24. The van der Waals surface area contributed by atoms with Gasteiger partial charge in [0.05, 0.1) is 47.9 Å². The topological polar surface area (TPSA) is 116 Å². The number of piperazine rings is 1. The molecule has 2 saturated heterocycles. The first-order valence-electron chi connectivity index (χ1n) is 10.7. The third-order valence-electron chi connectivity index (χ3n) is 5.78. The van der Waals surface area contributed by atoms with Gasteiger partial charge in [0.2, 0.25) is 11.9 Å². The van der Waals surface area contributed by atoms with Crippen molar-refractivity contribution in [2.24, 2.45) is 0 Å². The molecule has 1 amide bonds.